The molecule has 2 fully saturated rings. The molecule has 2 N–H and O–H groups in total. The van der Waals surface area contributed by atoms with Gasteiger partial charge in [0.1, 0.15) is 17.1 Å². The average molecular weight is 845 g/mol. The van der Waals surface area contributed by atoms with Crippen LogP contribution in [0.25, 0.3) is 5.76 Å². The van der Waals surface area contributed by atoms with Crippen molar-refractivity contribution in [2.24, 2.45) is 11.8 Å². The quantitative estimate of drug-likeness (QED) is 0.0935. The summed E-state index contributed by atoms with van der Waals surface area (Å²) in [5, 5.41) is 16.5. The van der Waals surface area contributed by atoms with Crippen LogP contribution in [-0.4, -0.2) is 114 Å². The third kappa shape index (κ3) is 7.95. The lowest BCUT2D eigenvalue weighted by molar-refractivity contribution is -0.140. The van der Waals surface area contributed by atoms with Crippen LogP contribution in [0.15, 0.2) is 16.2 Å². The Bertz CT molecular complexity index is 2020. The number of aliphatic hydroxyl groups is 1. The molecule has 16 heteroatoms. The maximum atomic E-state index is 15.8. The highest BCUT2D eigenvalue weighted by molar-refractivity contribution is 7.92. The maximum Gasteiger partial charge on any atom is 0.265 e. The van der Waals surface area contributed by atoms with Gasteiger partial charge in [-0.2, -0.15) is 0 Å². The Morgan fingerprint density at radius 1 is 1.05 bits per heavy atom. The molecular formula is C42H64N4O10SSi. The van der Waals surface area contributed by atoms with Crippen LogP contribution in [0.5, 0.6) is 17.4 Å². The number of fused-ring (bicyclic) bond motifs is 4. The number of methoxy groups -OCH3 is 1. The Labute approximate surface area is 345 Å². The molecule has 4 aliphatic rings. The van der Waals surface area contributed by atoms with E-state index >= 15 is 9.59 Å². The Morgan fingerprint density at radius 3 is 2.31 bits per heavy atom. The normalized spacial score (nSPS) is 23.7. The second-order valence-electron chi connectivity index (χ2n) is 18.1. The standard InChI is InChI=1S/C42H64N4O10SSi/c1-11-13-20-53-36-29(44-57(50,51)22-19-46-17-15-16-18-46)25-30(52-8)27-23-26-24-28-34(45(6)7)37-33(40(43-55-37)54-21-14-12-2)39(49)42(28,56-58(9,10)41(3,4)5)38(48)31(26)35(47)32(27)36/h25-26,28,34,44,47H,11-24H2,1-10H3/t26-,28-,34-,42-/m0/s1. The van der Waals surface area contributed by atoms with E-state index in [0.717, 1.165) is 45.2 Å². The third-order valence-electron chi connectivity index (χ3n) is 12.9. The summed E-state index contributed by atoms with van der Waals surface area (Å²) in [6, 6.07) is 1.00. The van der Waals surface area contributed by atoms with E-state index < -0.39 is 58.4 Å². The van der Waals surface area contributed by atoms with E-state index in [9.17, 15) is 13.5 Å². The molecule has 4 atom stereocenters. The highest BCUT2D eigenvalue weighted by atomic mass is 32.2. The number of aromatic nitrogens is 1. The molecule has 1 saturated carbocycles. The molecule has 2 heterocycles. The highest BCUT2D eigenvalue weighted by Crippen LogP contribution is 2.60. The largest absolute Gasteiger partial charge is 0.507 e. The van der Waals surface area contributed by atoms with Crippen molar-refractivity contribution >= 4 is 41.4 Å². The SMILES string of the molecule is CCCCOc1noc2c1C(=O)[C@@]1(O[Si](C)(C)C(C)(C)C)C(=O)C3=C(O)c4c(c(OC)cc(NS(=O)(=O)CCN5CCCC5)c4OCCCC)C[C@H]3C[C@H]1[C@@H]2N(C)C. The summed E-state index contributed by atoms with van der Waals surface area (Å²) in [7, 11) is -1.57. The van der Waals surface area contributed by atoms with Crippen LogP contribution in [-0.2, 0) is 25.7 Å². The number of aliphatic hydroxyl groups excluding tert-OH is 1. The predicted octanol–water partition coefficient (Wildman–Crippen LogP) is 7.17. The number of nitrogens with zero attached hydrogens (tertiary/aromatic N) is 3. The number of ether oxygens (including phenoxy) is 3. The molecule has 0 amide bonds. The zero-order valence-corrected chi connectivity index (χ0v) is 37.9. The van der Waals surface area contributed by atoms with Crippen molar-refractivity contribution < 1.29 is 46.3 Å². The zero-order valence-electron chi connectivity index (χ0n) is 36.1. The lowest BCUT2D eigenvalue weighted by Gasteiger charge is -2.55. The van der Waals surface area contributed by atoms with Gasteiger partial charge in [-0.25, -0.2) is 8.42 Å². The first-order chi connectivity index (χ1) is 27.3. The molecular weight excluding hydrogens is 781 g/mol. The van der Waals surface area contributed by atoms with Crippen LogP contribution < -0.4 is 18.9 Å². The number of hydrogen-bond donors (Lipinski definition) is 2. The number of carbonyl (C=O) groups excluding carboxylic acids is 2. The van der Waals surface area contributed by atoms with Crippen molar-refractivity contribution in [3.63, 3.8) is 0 Å². The number of rotatable bonds is 17. The monoisotopic (exact) mass is 844 g/mol. The Morgan fingerprint density at radius 2 is 1.71 bits per heavy atom. The van der Waals surface area contributed by atoms with Crippen molar-refractivity contribution in [1.82, 2.24) is 15.0 Å². The number of carbonyl (C=O) groups is 2. The minimum Gasteiger partial charge on any atom is -0.507 e. The molecule has 2 aromatic rings. The molecule has 6 rings (SSSR count). The summed E-state index contributed by atoms with van der Waals surface area (Å²) < 4.78 is 61.6. The maximum absolute atomic E-state index is 15.8. The molecule has 58 heavy (non-hydrogen) atoms. The van der Waals surface area contributed by atoms with Crippen LogP contribution in [0.4, 0.5) is 5.69 Å². The molecule has 14 nitrogen and oxygen atoms in total. The number of unbranched alkanes of at least 4 members (excludes halogenated alkanes) is 2. The molecule has 1 aromatic heterocycles. The Kier molecular flexibility index (Phi) is 12.9. The van der Waals surface area contributed by atoms with Crippen molar-refractivity contribution in [3.05, 3.63) is 34.1 Å². The van der Waals surface area contributed by atoms with Gasteiger partial charge >= 0.3 is 0 Å². The number of ketones is 2. The average Bonchev–Trinajstić information content (AvgIpc) is 3.83. The number of benzene rings is 1. The minimum atomic E-state index is -3.88. The second kappa shape index (κ2) is 16.9. The van der Waals surface area contributed by atoms with E-state index in [2.05, 4.69) is 35.5 Å². The fourth-order valence-electron chi connectivity index (χ4n) is 8.76. The first-order valence-electron chi connectivity index (χ1n) is 20.9. The van der Waals surface area contributed by atoms with Gasteiger partial charge in [0.15, 0.2) is 25.4 Å². The van der Waals surface area contributed by atoms with Crippen LogP contribution in [0.3, 0.4) is 0 Å². The van der Waals surface area contributed by atoms with Crippen molar-refractivity contribution in [3.8, 4) is 17.4 Å². The van der Waals surface area contributed by atoms with E-state index in [4.69, 9.17) is 23.2 Å². The predicted molar refractivity (Wildman–Crippen MR) is 225 cm³/mol. The van der Waals surface area contributed by atoms with Gasteiger partial charge in [0.2, 0.25) is 21.6 Å². The zero-order chi connectivity index (χ0) is 42.4. The number of hydrogen-bond acceptors (Lipinski definition) is 13. The highest BCUT2D eigenvalue weighted by Gasteiger charge is 2.69. The van der Waals surface area contributed by atoms with Crippen LogP contribution in [0.2, 0.25) is 18.1 Å². The van der Waals surface area contributed by atoms with Crippen LogP contribution >= 0.6 is 0 Å². The number of likely N-dealkylation sites (tertiary alicyclic amines) is 1. The summed E-state index contributed by atoms with van der Waals surface area (Å²) in [5.41, 5.74) is -1.05. The van der Waals surface area contributed by atoms with Gasteiger partial charge < -0.3 is 33.2 Å². The van der Waals surface area contributed by atoms with Crippen molar-refractivity contribution in [1.29, 1.82) is 0 Å². The smallest absolute Gasteiger partial charge is 0.265 e. The summed E-state index contributed by atoms with van der Waals surface area (Å²) in [6.07, 6.45) is 5.67. The lowest BCUT2D eigenvalue weighted by Crippen LogP contribution is -2.68. The molecule has 1 aromatic carbocycles. The van der Waals surface area contributed by atoms with Gasteiger partial charge in [0.25, 0.3) is 5.88 Å². The number of Topliss-reactive ketones (excluding diaryl/α,β-unsaturated/α-hetero) is 2. The molecule has 3 aliphatic carbocycles. The summed E-state index contributed by atoms with van der Waals surface area (Å²) in [4.78, 5) is 35.3. The number of sulfonamides is 1. The van der Waals surface area contributed by atoms with E-state index in [1.54, 1.807) is 6.07 Å². The topological polar surface area (TPSA) is 170 Å². The summed E-state index contributed by atoms with van der Waals surface area (Å²) in [5.74, 6) is -2.19. The molecule has 0 unspecified atom stereocenters. The summed E-state index contributed by atoms with van der Waals surface area (Å²) in [6.45, 7) is 16.9. The van der Waals surface area contributed by atoms with Gasteiger partial charge in [-0.05, 0) is 94.9 Å². The van der Waals surface area contributed by atoms with Gasteiger partial charge in [-0.15, -0.1) is 0 Å². The van der Waals surface area contributed by atoms with Gasteiger partial charge in [-0.1, -0.05) is 47.5 Å². The van der Waals surface area contributed by atoms with Gasteiger partial charge in [-0.3, -0.25) is 19.2 Å². The van der Waals surface area contributed by atoms with Crippen molar-refractivity contribution in [2.75, 3.05) is 64.5 Å². The Balaban J connectivity index is 1.55. The lowest BCUT2D eigenvalue weighted by atomic mass is 9.57. The molecule has 0 spiro atoms. The second-order valence-corrected chi connectivity index (χ2v) is 24.6. The van der Waals surface area contributed by atoms with Crippen LogP contribution in [0.1, 0.15) is 113 Å². The summed E-state index contributed by atoms with van der Waals surface area (Å²) >= 11 is 0. The van der Waals surface area contributed by atoms with E-state index in [0.29, 0.717) is 36.6 Å². The number of nitrogens with one attached hydrogen (secondary N) is 1. The molecule has 322 valence electrons. The fourth-order valence-corrected chi connectivity index (χ4v) is 11.3. The number of anilines is 1. The van der Waals surface area contributed by atoms with Crippen molar-refractivity contribution in [2.45, 2.75) is 116 Å². The molecule has 0 radical (unpaired) electrons. The van der Waals surface area contributed by atoms with Crippen LogP contribution in [0, 0.1) is 11.8 Å². The first kappa shape index (κ1) is 44.1. The van der Waals surface area contributed by atoms with Gasteiger partial charge in [0.05, 0.1) is 43.4 Å². The van der Waals surface area contributed by atoms with E-state index in [1.807, 2.05) is 45.9 Å². The Hall–Kier alpha value is -3.44. The fraction of sp³-hybridized carbons (Fsp3) is 0.690. The third-order valence-corrected chi connectivity index (χ3v) is 18.6. The van der Waals surface area contributed by atoms with E-state index in [1.165, 1.54) is 7.11 Å². The minimum absolute atomic E-state index is 0.0251. The van der Waals surface area contributed by atoms with Gasteiger partial charge in [0, 0.05) is 29.7 Å². The molecule has 1 saturated heterocycles. The molecule has 1 aliphatic heterocycles. The molecule has 0 bridgehead atoms. The first-order valence-corrected chi connectivity index (χ1v) is 25.5. The van der Waals surface area contributed by atoms with E-state index in [-0.39, 0.29) is 65.0 Å².